The predicted octanol–water partition coefficient (Wildman–Crippen LogP) is 3.66. The lowest BCUT2D eigenvalue weighted by Crippen LogP contribution is -1.87. The fraction of sp³-hybridized carbons (Fsp3) is 0.0714. The van der Waals surface area contributed by atoms with Crippen LogP contribution >= 0.6 is 0 Å². The Morgan fingerprint density at radius 3 is 2.38 bits per heavy atom. The van der Waals surface area contributed by atoms with Gasteiger partial charge in [-0.05, 0) is 42.8 Å². The molecule has 2 heteroatoms. The van der Waals surface area contributed by atoms with E-state index in [1.54, 1.807) is 12.1 Å². The van der Waals surface area contributed by atoms with Crippen molar-refractivity contribution in [1.82, 2.24) is 0 Å². The van der Waals surface area contributed by atoms with E-state index >= 15 is 0 Å². The molecule has 0 atom stereocenters. The van der Waals surface area contributed by atoms with Gasteiger partial charge >= 0.3 is 0 Å². The number of hydrogen-bond donors (Lipinski definition) is 0. The number of benzene rings is 2. The van der Waals surface area contributed by atoms with Crippen LogP contribution < -0.4 is 4.74 Å². The number of ether oxygens (including phenoxy) is 1. The second-order valence-electron chi connectivity index (χ2n) is 3.50. The van der Waals surface area contributed by atoms with Crippen molar-refractivity contribution in [3.8, 4) is 17.6 Å². The monoisotopic (exact) mass is 209 g/mol. The van der Waals surface area contributed by atoms with E-state index in [0.717, 1.165) is 17.1 Å². The minimum absolute atomic E-state index is 0.681. The molecule has 0 saturated heterocycles. The van der Waals surface area contributed by atoms with Gasteiger partial charge in [0.05, 0.1) is 11.6 Å². The number of aryl methyl sites for hydroxylation is 1. The third kappa shape index (κ3) is 2.21. The zero-order valence-corrected chi connectivity index (χ0v) is 8.97. The summed E-state index contributed by atoms with van der Waals surface area (Å²) in [6, 6.07) is 17.2. The molecule has 2 aromatic carbocycles. The van der Waals surface area contributed by atoms with Gasteiger partial charge in [0, 0.05) is 0 Å². The molecule has 0 aromatic heterocycles. The average molecular weight is 209 g/mol. The molecule has 0 spiro atoms. The largest absolute Gasteiger partial charge is 0.457 e. The lowest BCUT2D eigenvalue weighted by molar-refractivity contribution is 0.482. The Kier molecular flexibility index (Phi) is 2.88. The van der Waals surface area contributed by atoms with Gasteiger partial charge in [-0.25, -0.2) is 0 Å². The summed E-state index contributed by atoms with van der Waals surface area (Å²) < 4.78 is 5.65. The van der Waals surface area contributed by atoms with Crippen molar-refractivity contribution in [3.63, 3.8) is 0 Å². The zero-order valence-electron chi connectivity index (χ0n) is 8.97. The van der Waals surface area contributed by atoms with Gasteiger partial charge in [0.1, 0.15) is 11.5 Å². The van der Waals surface area contributed by atoms with Crippen LogP contribution in [0.25, 0.3) is 0 Å². The van der Waals surface area contributed by atoms with E-state index in [1.807, 2.05) is 43.3 Å². The van der Waals surface area contributed by atoms with Gasteiger partial charge in [-0.3, -0.25) is 0 Å². The Morgan fingerprint density at radius 2 is 1.75 bits per heavy atom. The molecular formula is C14H11NO. The lowest BCUT2D eigenvalue weighted by atomic mass is 10.1. The number of hydrogen-bond acceptors (Lipinski definition) is 2. The van der Waals surface area contributed by atoms with Gasteiger partial charge in [0.2, 0.25) is 0 Å². The molecule has 0 aliphatic carbocycles. The van der Waals surface area contributed by atoms with Gasteiger partial charge in [0.15, 0.2) is 0 Å². The van der Waals surface area contributed by atoms with E-state index < -0.39 is 0 Å². The Labute approximate surface area is 94.7 Å². The fourth-order valence-electron chi connectivity index (χ4n) is 1.45. The third-order valence-corrected chi connectivity index (χ3v) is 2.30. The minimum Gasteiger partial charge on any atom is -0.457 e. The van der Waals surface area contributed by atoms with Gasteiger partial charge in [-0.2, -0.15) is 5.26 Å². The Balaban J connectivity index is 2.24. The highest BCUT2D eigenvalue weighted by Crippen LogP contribution is 2.23. The zero-order chi connectivity index (χ0) is 11.4. The van der Waals surface area contributed by atoms with Crippen LogP contribution in [0.5, 0.6) is 11.5 Å². The fourth-order valence-corrected chi connectivity index (χ4v) is 1.45. The first-order chi connectivity index (χ1) is 7.79. The molecule has 78 valence electrons. The maximum atomic E-state index is 8.81. The molecule has 0 aliphatic heterocycles. The first-order valence-electron chi connectivity index (χ1n) is 5.03. The lowest BCUT2D eigenvalue weighted by Gasteiger charge is -2.06. The van der Waals surface area contributed by atoms with Crippen LogP contribution in [0.3, 0.4) is 0 Å². The van der Waals surface area contributed by atoms with Crippen LogP contribution in [0.4, 0.5) is 0 Å². The van der Waals surface area contributed by atoms with Crippen LogP contribution in [0.2, 0.25) is 0 Å². The normalized spacial score (nSPS) is 9.50. The maximum Gasteiger partial charge on any atom is 0.127 e. The van der Waals surface area contributed by atoms with E-state index in [2.05, 4.69) is 6.07 Å². The highest BCUT2D eigenvalue weighted by atomic mass is 16.5. The number of rotatable bonds is 2. The predicted molar refractivity (Wildman–Crippen MR) is 62.4 cm³/mol. The van der Waals surface area contributed by atoms with E-state index in [1.165, 1.54) is 0 Å². The van der Waals surface area contributed by atoms with E-state index in [4.69, 9.17) is 10.00 Å². The van der Waals surface area contributed by atoms with Crippen LogP contribution in [0, 0.1) is 18.3 Å². The molecule has 2 nitrogen and oxygen atoms in total. The molecule has 0 heterocycles. The van der Waals surface area contributed by atoms with E-state index in [0.29, 0.717) is 5.56 Å². The molecule has 0 unspecified atom stereocenters. The standard InChI is InChI=1S/C14H11NO/c1-11-9-14(8-7-12(11)10-15)16-13-5-3-2-4-6-13/h2-9H,1H3. The quantitative estimate of drug-likeness (QED) is 0.756. The summed E-state index contributed by atoms with van der Waals surface area (Å²) in [7, 11) is 0. The topological polar surface area (TPSA) is 33.0 Å². The van der Waals surface area contributed by atoms with Gasteiger partial charge < -0.3 is 4.74 Å². The summed E-state index contributed by atoms with van der Waals surface area (Å²) in [6.45, 7) is 1.90. The first-order valence-corrected chi connectivity index (χ1v) is 5.03. The summed E-state index contributed by atoms with van der Waals surface area (Å²) in [6.07, 6.45) is 0. The van der Waals surface area contributed by atoms with Gasteiger partial charge in [0.25, 0.3) is 0 Å². The molecule has 2 aromatic rings. The van der Waals surface area contributed by atoms with Gasteiger partial charge in [-0.1, -0.05) is 18.2 Å². The summed E-state index contributed by atoms with van der Waals surface area (Å²) in [5.41, 5.74) is 1.61. The molecule has 0 amide bonds. The van der Waals surface area contributed by atoms with Crippen molar-refractivity contribution in [3.05, 3.63) is 59.7 Å². The molecular weight excluding hydrogens is 198 g/mol. The van der Waals surface area contributed by atoms with Gasteiger partial charge in [-0.15, -0.1) is 0 Å². The maximum absolute atomic E-state index is 8.81. The van der Waals surface area contributed by atoms with E-state index in [-0.39, 0.29) is 0 Å². The van der Waals surface area contributed by atoms with Crippen molar-refractivity contribution in [2.75, 3.05) is 0 Å². The third-order valence-electron chi connectivity index (χ3n) is 2.30. The molecule has 16 heavy (non-hydrogen) atoms. The highest BCUT2D eigenvalue weighted by molar-refractivity contribution is 5.43. The molecule has 0 aliphatic rings. The first kappa shape index (κ1) is 10.3. The van der Waals surface area contributed by atoms with Crippen molar-refractivity contribution in [2.24, 2.45) is 0 Å². The molecule has 0 bridgehead atoms. The SMILES string of the molecule is Cc1cc(Oc2ccccc2)ccc1C#N. The summed E-state index contributed by atoms with van der Waals surface area (Å²) in [5.74, 6) is 1.55. The second-order valence-corrected chi connectivity index (χ2v) is 3.50. The Hall–Kier alpha value is -2.27. The molecule has 0 N–H and O–H groups in total. The number of nitrogens with zero attached hydrogens (tertiary/aromatic N) is 1. The van der Waals surface area contributed by atoms with E-state index in [9.17, 15) is 0 Å². The smallest absolute Gasteiger partial charge is 0.127 e. The van der Waals surface area contributed by atoms with Crippen molar-refractivity contribution < 1.29 is 4.74 Å². The molecule has 0 saturated carbocycles. The van der Waals surface area contributed by atoms with Crippen molar-refractivity contribution in [1.29, 1.82) is 5.26 Å². The molecule has 0 fully saturated rings. The molecule has 2 rings (SSSR count). The van der Waals surface area contributed by atoms with Crippen LogP contribution in [-0.4, -0.2) is 0 Å². The van der Waals surface area contributed by atoms with Crippen LogP contribution in [-0.2, 0) is 0 Å². The Morgan fingerprint density at radius 1 is 1.00 bits per heavy atom. The number of para-hydroxylation sites is 1. The average Bonchev–Trinajstić information content (AvgIpc) is 2.31. The van der Waals surface area contributed by atoms with Crippen LogP contribution in [0.15, 0.2) is 48.5 Å². The minimum atomic E-state index is 0.681. The molecule has 0 radical (unpaired) electrons. The summed E-state index contributed by atoms with van der Waals surface area (Å²) in [4.78, 5) is 0. The van der Waals surface area contributed by atoms with Crippen molar-refractivity contribution in [2.45, 2.75) is 6.92 Å². The number of nitriles is 1. The highest BCUT2D eigenvalue weighted by Gasteiger charge is 2.00. The van der Waals surface area contributed by atoms with Crippen molar-refractivity contribution >= 4 is 0 Å². The summed E-state index contributed by atoms with van der Waals surface area (Å²) in [5, 5.41) is 8.81. The Bertz CT molecular complexity index is 526. The van der Waals surface area contributed by atoms with Crippen LogP contribution in [0.1, 0.15) is 11.1 Å². The summed E-state index contributed by atoms with van der Waals surface area (Å²) >= 11 is 0. The second kappa shape index (κ2) is 4.50.